The highest BCUT2D eigenvalue weighted by Crippen LogP contribution is 2.50. The highest BCUT2D eigenvalue weighted by molar-refractivity contribution is 7.97. The highest BCUT2D eigenvalue weighted by Gasteiger charge is 2.52. The van der Waals surface area contributed by atoms with Crippen molar-refractivity contribution in [3.05, 3.63) is 89.9 Å². The average Bonchev–Trinajstić information content (AvgIpc) is 3.78. The topological polar surface area (TPSA) is 91.0 Å². The number of rotatable bonds is 4. The minimum Gasteiger partial charge on any atom is -0.369 e. The maximum atomic E-state index is 15.3. The molecule has 42 heavy (non-hydrogen) atoms. The maximum Gasteiger partial charge on any atom is 0.416 e. The van der Waals surface area contributed by atoms with Gasteiger partial charge in [-0.25, -0.2) is 9.37 Å². The van der Waals surface area contributed by atoms with E-state index in [1.165, 1.54) is 24.3 Å². The maximum absolute atomic E-state index is 15.3. The molecule has 0 saturated heterocycles. The van der Waals surface area contributed by atoms with E-state index >= 15 is 4.39 Å². The van der Waals surface area contributed by atoms with Crippen LogP contribution in [0.3, 0.4) is 0 Å². The van der Waals surface area contributed by atoms with E-state index < -0.39 is 28.9 Å². The zero-order chi connectivity index (χ0) is 29.3. The van der Waals surface area contributed by atoms with Gasteiger partial charge in [-0.15, -0.1) is 0 Å². The summed E-state index contributed by atoms with van der Waals surface area (Å²) in [5.41, 5.74) is 0.170. The first-order chi connectivity index (χ1) is 20.2. The van der Waals surface area contributed by atoms with Crippen molar-refractivity contribution in [3.63, 3.8) is 0 Å². The monoisotopic (exact) mass is 594 g/mol. The van der Waals surface area contributed by atoms with Gasteiger partial charge in [0.05, 0.1) is 16.7 Å². The molecule has 7 nitrogen and oxygen atoms in total. The van der Waals surface area contributed by atoms with Crippen molar-refractivity contribution < 1.29 is 22.4 Å². The lowest BCUT2D eigenvalue weighted by Crippen LogP contribution is -2.28. The Kier molecular flexibility index (Phi) is 7.50. The number of anilines is 4. The number of benzene rings is 3. The van der Waals surface area contributed by atoms with E-state index in [1.54, 1.807) is 24.2 Å². The summed E-state index contributed by atoms with van der Waals surface area (Å²) < 4.78 is 58.4. The lowest BCUT2D eigenvalue weighted by Gasteiger charge is -2.18. The summed E-state index contributed by atoms with van der Waals surface area (Å²) in [4.78, 5) is 23.3. The molecule has 1 amide bonds. The standard InChI is InChI=1S/C30H26F4N6OS/c31-24-14-18(8-9-25(24)39-27(41)29(10-11-29)19-4-1-5-20(15-19)30(32,33)34)23-17-36-28-38-21-6-2-7-22(16-21)42-37-13-3-12-35-26(23)40-28/h1-2,4-9,14-17,37H,3,10-13H2,(H,39,41)(H2,35,36,38,40). The van der Waals surface area contributed by atoms with E-state index in [1.807, 2.05) is 24.3 Å². The molecule has 12 heteroatoms. The van der Waals surface area contributed by atoms with Crippen LogP contribution in [0.15, 0.2) is 77.8 Å². The van der Waals surface area contributed by atoms with Crippen molar-refractivity contribution in [2.45, 2.75) is 35.7 Å². The summed E-state index contributed by atoms with van der Waals surface area (Å²) in [6.45, 7) is 1.37. The molecule has 216 valence electrons. The first kappa shape index (κ1) is 28.0. The van der Waals surface area contributed by atoms with Gasteiger partial charge in [-0.3, -0.25) is 9.52 Å². The number of aromatic nitrogens is 2. The molecule has 4 aromatic rings. The van der Waals surface area contributed by atoms with Crippen molar-refractivity contribution in [2.24, 2.45) is 0 Å². The number of alkyl halides is 3. The van der Waals surface area contributed by atoms with Crippen LogP contribution < -0.4 is 20.7 Å². The molecule has 1 aromatic heterocycles. The summed E-state index contributed by atoms with van der Waals surface area (Å²) in [5.74, 6) is -0.321. The minimum atomic E-state index is -4.52. The second-order valence-corrected chi connectivity index (χ2v) is 11.2. The molecule has 4 N–H and O–H groups in total. The Morgan fingerprint density at radius 2 is 1.83 bits per heavy atom. The summed E-state index contributed by atoms with van der Waals surface area (Å²) >= 11 is 1.54. The molecule has 1 aliphatic carbocycles. The SMILES string of the molecule is O=C(Nc1ccc(-c2cnc3nc2NCCCNSc2cccc(c2)N3)cc1F)C1(c2cccc(C(F)(F)F)c2)CC1. The lowest BCUT2D eigenvalue weighted by molar-refractivity contribution is -0.137. The van der Waals surface area contributed by atoms with Crippen molar-refractivity contribution in [1.29, 1.82) is 0 Å². The van der Waals surface area contributed by atoms with E-state index in [0.29, 0.717) is 42.3 Å². The Labute approximate surface area is 243 Å². The zero-order valence-electron chi connectivity index (χ0n) is 22.2. The fraction of sp³-hybridized carbons (Fsp3) is 0.233. The van der Waals surface area contributed by atoms with E-state index in [0.717, 1.165) is 35.7 Å². The molecule has 4 bridgehead atoms. The van der Waals surface area contributed by atoms with Crippen LogP contribution in [-0.2, 0) is 16.4 Å². The molecule has 1 fully saturated rings. The van der Waals surface area contributed by atoms with Crippen molar-refractivity contribution in [1.82, 2.24) is 14.7 Å². The van der Waals surface area contributed by atoms with Gasteiger partial charge in [0.1, 0.15) is 11.6 Å². The van der Waals surface area contributed by atoms with Gasteiger partial charge in [0.15, 0.2) is 0 Å². The van der Waals surface area contributed by atoms with E-state index in [4.69, 9.17) is 0 Å². The Morgan fingerprint density at radius 3 is 2.62 bits per heavy atom. The molecule has 2 aliphatic rings. The molecule has 0 spiro atoms. The summed E-state index contributed by atoms with van der Waals surface area (Å²) in [6.07, 6.45) is -1.35. The Balaban J connectivity index is 1.23. The number of nitrogens with one attached hydrogen (secondary N) is 4. The molecule has 2 heterocycles. The number of hydrogen-bond acceptors (Lipinski definition) is 7. The fourth-order valence-electron chi connectivity index (χ4n) is 4.85. The number of nitrogens with zero attached hydrogens (tertiary/aromatic N) is 2. The number of fused-ring (bicyclic) bond motifs is 4. The Morgan fingerprint density at radius 1 is 1.00 bits per heavy atom. The largest absolute Gasteiger partial charge is 0.416 e. The number of carbonyl (C=O) groups is 1. The average molecular weight is 595 g/mol. The van der Waals surface area contributed by atoms with Gasteiger partial charge in [-0.2, -0.15) is 18.2 Å². The molecular weight excluding hydrogens is 568 g/mol. The number of carbonyl (C=O) groups excluding carboxylic acids is 1. The molecule has 0 unspecified atom stereocenters. The summed E-state index contributed by atoms with van der Waals surface area (Å²) in [5, 5.41) is 9.10. The lowest BCUT2D eigenvalue weighted by atomic mass is 9.93. The first-order valence-corrected chi connectivity index (χ1v) is 14.2. The van der Waals surface area contributed by atoms with Gasteiger partial charge in [0.2, 0.25) is 11.9 Å². The summed E-state index contributed by atoms with van der Waals surface area (Å²) in [7, 11) is 0. The van der Waals surface area contributed by atoms with Crippen LogP contribution >= 0.6 is 11.9 Å². The Hall–Kier alpha value is -4.16. The highest BCUT2D eigenvalue weighted by atomic mass is 32.2. The molecule has 6 rings (SSSR count). The van der Waals surface area contributed by atoms with Crippen LogP contribution in [0.1, 0.15) is 30.4 Å². The van der Waals surface area contributed by atoms with E-state index in [-0.39, 0.29) is 11.3 Å². The predicted octanol–water partition coefficient (Wildman–Crippen LogP) is 7.13. The summed E-state index contributed by atoms with van der Waals surface area (Å²) in [6, 6.07) is 17.0. The number of hydrogen-bond donors (Lipinski definition) is 4. The van der Waals surface area contributed by atoms with Crippen LogP contribution in [0.5, 0.6) is 0 Å². The van der Waals surface area contributed by atoms with Crippen LogP contribution in [0, 0.1) is 5.82 Å². The van der Waals surface area contributed by atoms with Gasteiger partial charge in [-0.05, 0) is 78.7 Å². The molecule has 1 saturated carbocycles. The second kappa shape index (κ2) is 11.3. The number of amides is 1. The first-order valence-electron chi connectivity index (χ1n) is 13.4. The van der Waals surface area contributed by atoms with Crippen molar-refractivity contribution >= 4 is 41.0 Å². The second-order valence-electron chi connectivity index (χ2n) is 10.2. The van der Waals surface area contributed by atoms with Gasteiger partial charge in [0.25, 0.3) is 0 Å². The molecule has 1 aliphatic heterocycles. The Bertz CT molecular complexity index is 1640. The van der Waals surface area contributed by atoms with Crippen molar-refractivity contribution in [3.8, 4) is 11.1 Å². The van der Waals surface area contributed by atoms with Gasteiger partial charge in [0, 0.05) is 35.4 Å². The molecule has 3 aromatic carbocycles. The van der Waals surface area contributed by atoms with Gasteiger partial charge >= 0.3 is 6.18 Å². The quantitative estimate of drug-likeness (QED) is 0.148. The van der Waals surface area contributed by atoms with E-state index in [2.05, 4.69) is 30.6 Å². The van der Waals surface area contributed by atoms with Crippen molar-refractivity contribution in [2.75, 3.05) is 29.0 Å². The number of halogens is 4. The fourth-order valence-corrected chi connectivity index (χ4v) is 5.59. The minimum absolute atomic E-state index is 0.0578. The third-order valence-corrected chi connectivity index (χ3v) is 8.11. The van der Waals surface area contributed by atoms with Crippen LogP contribution in [0.25, 0.3) is 11.1 Å². The smallest absolute Gasteiger partial charge is 0.369 e. The molecule has 0 radical (unpaired) electrons. The van der Waals surface area contributed by atoms with Crippen LogP contribution in [0.2, 0.25) is 0 Å². The predicted molar refractivity (Wildman–Crippen MR) is 155 cm³/mol. The van der Waals surface area contributed by atoms with Gasteiger partial charge in [-0.1, -0.05) is 30.3 Å². The van der Waals surface area contributed by atoms with Gasteiger partial charge < -0.3 is 16.0 Å². The van der Waals surface area contributed by atoms with Crippen LogP contribution in [0.4, 0.5) is 40.7 Å². The third-order valence-electron chi connectivity index (χ3n) is 7.27. The zero-order valence-corrected chi connectivity index (χ0v) is 23.0. The van der Waals surface area contributed by atoms with E-state index in [9.17, 15) is 18.0 Å². The third kappa shape index (κ3) is 5.90. The molecule has 0 atom stereocenters. The molecular formula is C30H26F4N6OS. The normalized spacial score (nSPS) is 16.1. The van der Waals surface area contributed by atoms with Crippen LogP contribution in [-0.4, -0.2) is 29.0 Å².